The number of hydrogen-bond donors (Lipinski definition) is 3. The van der Waals surface area contributed by atoms with Crippen LogP contribution in [0.5, 0.6) is 0 Å². The monoisotopic (exact) mass is 416 g/mol. The first-order chi connectivity index (χ1) is 14.1. The summed E-state index contributed by atoms with van der Waals surface area (Å²) >= 11 is 5.98. The number of hydrogen-bond acceptors (Lipinski definition) is 4. The molecule has 0 radical (unpaired) electrons. The molecule has 2 saturated heterocycles. The second kappa shape index (κ2) is 9.22. The molecule has 7 heteroatoms. The van der Waals surface area contributed by atoms with Crippen LogP contribution < -0.4 is 16.2 Å². The molecule has 4 rings (SSSR count). The van der Waals surface area contributed by atoms with E-state index in [2.05, 4.69) is 33.2 Å². The van der Waals surface area contributed by atoms with E-state index in [1.54, 1.807) is 12.1 Å². The summed E-state index contributed by atoms with van der Waals surface area (Å²) < 4.78 is 13.0. The molecule has 3 N–H and O–H groups in total. The molecular weight excluding hydrogens is 391 g/mol. The van der Waals surface area contributed by atoms with E-state index < -0.39 is 0 Å². The van der Waals surface area contributed by atoms with Gasteiger partial charge in [0.15, 0.2) is 0 Å². The molecular formula is C22H26ClFN4O. The van der Waals surface area contributed by atoms with Crippen LogP contribution in [-0.2, 0) is 11.2 Å². The van der Waals surface area contributed by atoms with Crippen molar-refractivity contribution in [1.29, 1.82) is 0 Å². The summed E-state index contributed by atoms with van der Waals surface area (Å²) in [5, 5.41) is 3.87. The molecule has 2 unspecified atom stereocenters. The molecule has 1 amide bonds. The zero-order valence-corrected chi connectivity index (χ0v) is 17.0. The SMILES string of the molecule is O=C(Cc1ccc(F)cc1)NC1CCN(C2CC(c3ccc(Cl)cc3)NN2)CC1. The van der Waals surface area contributed by atoms with Crippen LogP contribution in [0.4, 0.5) is 4.39 Å². The van der Waals surface area contributed by atoms with E-state index in [0.29, 0.717) is 0 Å². The zero-order valence-electron chi connectivity index (χ0n) is 16.2. The molecule has 5 nitrogen and oxygen atoms in total. The molecule has 2 aliphatic heterocycles. The molecule has 0 aliphatic carbocycles. The number of nitrogens with one attached hydrogen (secondary N) is 3. The lowest BCUT2D eigenvalue weighted by Gasteiger charge is -2.35. The van der Waals surface area contributed by atoms with Crippen molar-refractivity contribution in [3.8, 4) is 0 Å². The number of rotatable bonds is 5. The molecule has 2 heterocycles. The quantitative estimate of drug-likeness (QED) is 0.700. The first-order valence-electron chi connectivity index (χ1n) is 10.1. The maximum Gasteiger partial charge on any atom is 0.224 e. The minimum absolute atomic E-state index is 0.00137. The van der Waals surface area contributed by atoms with E-state index in [-0.39, 0.29) is 36.4 Å². The molecule has 2 fully saturated rings. The minimum Gasteiger partial charge on any atom is -0.353 e. The lowest BCUT2D eigenvalue weighted by Crippen LogP contribution is -2.51. The first kappa shape index (κ1) is 20.3. The smallest absolute Gasteiger partial charge is 0.224 e. The highest BCUT2D eigenvalue weighted by Gasteiger charge is 2.32. The second-order valence-corrected chi connectivity index (χ2v) is 8.26. The van der Waals surface area contributed by atoms with Crippen molar-refractivity contribution >= 4 is 17.5 Å². The van der Waals surface area contributed by atoms with E-state index in [9.17, 15) is 9.18 Å². The Morgan fingerprint density at radius 3 is 2.45 bits per heavy atom. The Morgan fingerprint density at radius 1 is 1.07 bits per heavy atom. The third-order valence-electron chi connectivity index (χ3n) is 5.77. The van der Waals surface area contributed by atoms with Gasteiger partial charge in [-0.1, -0.05) is 35.9 Å². The first-order valence-corrected chi connectivity index (χ1v) is 10.5. The third kappa shape index (κ3) is 5.34. The lowest BCUT2D eigenvalue weighted by molar-refractivity contribution is -0.121. The summed E-state index contributed by atoms with van der Waals surface area (Å²) in [7, 11) is 0. The van der Waals surface area contributed by atoms with E-state index in [4.69, 9.17) is 11.6 Å². The van der Waals surface area contributed by atoms with Crippen LogP contribution in [0.1, 0.15) is 36.4 Å². The molecule has 0 saturated carbocycles. The summed E-state index contributed by atoms with van der Waals surface area (Å²) in [5.74, 6) is -0.284. The average molecular weight is 417 g/mol. The van der Waals surface area contributed by atoms with Gasteiger partial charge < -0.3 is 5.32 Å². The number of hydrazine groups is 1. The van der Waals surface area contributed by atoms with Crippen molar-refractivity contribution in [3.05, 3.63) is 70.5 Å². The molecule has 2 aromatic rings. The third-order valence-corrected chi connectivity index (χ3v) is 6.02. The maximum atomic E-state index is 13.0. The Balaban J connectivity index is 1.22. The second-order valence-electron chi connectivity index (χ2n) is 7.83. The summed E-state index contributed by atoms with van der Waals surface area (Å²) in [6, 6.07) is 14.5. The van der Waals surface area contributed by atoms with Crippen molar-refractivity contribution in [2.45, 2.75) is 43.9 Å². The Kier molecular flexibility index (Phi) is 6.45. The standard InChI is InChI=1S/C22H26ClFN4O/c23-17-5-3-16(4-6-17)20-14-21(27-26-20)28-11-9-19(10-12-28)25-22(29)13-15-1-7-18(24)8-2-15/h1-8,19-21,26-27H,9-14H2,(H,25,29). The Labute approximate surface area is 175 Å². The summed E-state index contributed by atoms with van der Waals surface area (Å²) in [4.78, 5) is 14.7. The van der Waals surface area contributed by atoms with Gasteiger partial charge >= 0.3 is 0 Å². The topological polar surface area (TPSA) is 56.4 Å². The largest absolute Gasteiger partial charge is 0.353 e. The number of benzene rings is 2. The van der Waals surface area contributed by atoms with E-state index >= 15 is 0 Å². The highest BCUT2D eigenvalue weighted by molar-refractivity contribution is 6.30. The highest BCUT2D eigenvalue weighted by Crippen LogP contribution is 2.26. The minimum atomic E-state index is -0.283. The van der Waals surface area contributed by atoms with Gasteiger partial charge in [0, 0.05) is 30.2 Å². The Bertz CT molecular complexity index is 822. The molecule has 154 valence electrons. The number of amides is 1. The number of nitrogens with zero attached hydrogens (tertiary/aromatic N) is 1. The van der Waals surface area contributed by atoms with Crippen LogP contribution in [0.15, 0.2) is 48.5 Å². The van der Waals surface area contributed by atoms with Crippen LogP contribution >= 0.6 is 11.6 Å². The average Bonchev–Trinajstić information content (AvgIpc) is 3.21. The fourth-order valence-corrected chi connectivity index (χ4v) is 4.24. The van der Waals surface area contributed by atoms with E-state index in [1.165, 1.54) is 17.7 Å². The van der Waals surface area contributed by atoms with Crippen molar-refractivity contribution in [2.24, 2.45) is 0 Å². The van der Waals surface area contributed by atoms with Crippen LogP contribution in [-0.4, -0.2) is 36.1 Å². The number of halogens is 2. The fraction of sp³-hybridized carbons (Fsp3) is 0.409. The van der Waals surface area contributed by atoms with Gasteiger partial charge in [0.2, 0.25) is 5.91 Å². The van der Waals surface area contributed by atoms with Gasteiger partial charge in [-0.15, -0.1) is 0 Å². The Hall–Kier alpha value is -1.99. The molecule has 2 aromatic carbocycles. The van der Waals surface area contributed by atoms with Gasteiger partial charge in [0.1, 0.15) is 5.82 Å². The van der Waals surface area contributed by atoms with Crippen molar-refractivity contribution in [2.75, 3.05) is 13.1 Å². The molecule has 0 spiro atoms. The van der Waals surface area contributed by atoms with Crippen molar-refractivity contribution in [1.82, 2.24) is 21.1 Å². The van der Waals surface area contributed by atoms with Gasteiger partial charge in [-0.05, 0) is 54.7 Å². The van der Waals surface area contributed by atoms with E-state index in [0.717, 1.165) is 42.9 Å². The van der Waals surface area contributed by atoms with Gasteiger partial charge in [-0.3, -0.25) is 9.69 Å². The molecule has 0 aromatic heterocycles. The number of piperidine rings is 1. The maximum absolute atomic E-state index is 13.0. The summed E-state index contributed by atoms with van der Waals surface area (Å²) in [5.41, 5.74) is 8.85. The molecule has 29 heavy (non-hydrogen) atoms. The van der Waals surface area contributed by atoms with Gasteiger partial charge in [0.05, 0.1) is 12.6 Å². The van der Waals surface area contributed by atoms with Gasteiger partial charge in [-0.2, -0.15) is 0 Å². The number of carbonyl (C=O) groups excluding carboxylic acids is 1. The molecule has 2 atom stereocenters. The normalized spacial score (nSPS) is 23.2. The fourth-order valence-electron chi connectivity index (χ4n) is 4.11. The van der Waals surface area contributed by atoms with Crippen molar-refractivity contribution < 1.29 is 9.18 Å². The van der Waals surface area contributed by atoms with Crippen LogP contribution in [0.2, 0.25) is 5.02 Å². The summed E-state index contributed by atoms with van der Waals surface area (Å²) in [6.45, 7) is 1.88. The lowest BCUT2D eigenvalue weighted by atomic mass is 10.0. The van der Waals surface area contributed by atoms with Crippen LogP contribution in [0.3, 0.4) is 0 Å². The van der Waals surface area contributed by atoms with Gasteiger partial charge in [-0.25, -0.2) is 15.2 Å². The number of likely N-dealkylation sites (tertiary alicyclic amines) is 1. The molecule has 0 bridgehead atoms. The molecule has 2 aliphatic rings. The van der Waals surface area contributed by atoms with Crippen molar-refractivity contribution in [3.63, 3.8) is 0 Å². The Morgan fingerprint density at radius 2 is 1.76 bits per heavy atom. The van der Waals surface area contributed by atoms with Gasteiger partial charge in [0.25, 0.3) is 0 Å². The van der Waals surface area contributed by atoms with E-state index in [1.807, 2.05) is 12.1 Å². The zero-order chi connectivity index (χ0) is 20.2. The predicted molar refractivity (Wildman–Crippen MR) is 112 cm³/mol. The highest BCUT2D eigenvalue weighted by atomic mass is 35.5. The van der Waals surface area contributed by atoms with Crippen LogP contribution in [0, 0.1) is 5.82 Å². The predicted octanol–water partition coefficient (Wildman–Crippen LogP) is 3.17. The summed E-state index contributed by atoms with van der Waals surface area (Å²) in [6.07, 6.45) is 3.42. The van der Waals surface area contributed by atoms with Crippen LogP contribution in [0.25, 0.3) is 0 Å². The number of carbonyl (C=O) groups is 1.